The number of carbonyl (C=O) groups excluding carboxylic acids is 1. The van der Waals surface area contributed by atoms with Gasteiger partial charge in [0.2, 0.25) is 0 Å². The van der Waals surface area contributed by atoms with E-state index in [0.29, 0.717) is 11.9 Å². The number of fused-ring (bicyclic) bond motifs is 1. The fraction of sp³-hybridized carbons (Fsp3) is 0.200. The fourth-order valence-corrected chi connectivity index (χ4v) is 3.21. The van der Waals surface area contributed by atoms with Crippen molar-refractivity contribution in [3.63, 3.8) is 0 Å². The Morgan fingerprint density at radius 3 is 2.69 bits per heavy atom. The number of rotatable bonds is 6. The van der Waals surface area contributed by atoms with Crippen LogP contribution in [0.5, 0.6) is 0 Å². The number of nitrogens with zero attached hydrogens (tertiary/aromatic N) is 1. The van der Waals surface area contributed by atoms with Crippen LogP contribution in [-0.4, -0.2) is 29.8 Å². The first-order chi connectivity index (χ1) is 12.6. The Kier molecular flexibility index (Phi) is 5.85. The van der Waals surface area contributed by atoms with Crippen LogP contribution < -0.4 is 5.32 Å². The van der Waals surface area contributed by atoms with Crippen LogP contribution in [0.3, 0.4) is 0 Å². The number of methoxy groups -OCH3 is 1. The van der Waals surface area contributed by atoms with Crippen LogP contribution in [0.1, 0.15) is 28.5 Å². The second-order valence-corrected chi connectivity index (χ2v) is 6.74. The quantitative estimate of drug-likeness (QED) is 0.587. The molecule has 0 fully saturated rings. The van der Waals surface area contributed by atoms with Gasteiger partial charge in [0.15, 0.2) is 5.69 Å². The van der Waals surface area contributed by atoms with Gasteiger partial charge in [-0.3, -0.25) is 0 Å². The summed E-state index contributed by atoms with van der Waals surface area (Å²) >= 11 is 3.48. The molecule has 0 amide bonds. The minimum Gasteiger partial charge on any atom is -0.464 e. The van der Waals surface area contributed by atoms with Gasteiger partial charge in [-0.1, -0.05) is 46.3 Å². The Balaban J connectivity index is 2.08. The zero-order chi connectivity index (χ0) is 18.5. The van der Waals surface area contributed by atoms with Gasteiger partial charge in [0.25, 0.3) is 0 Å². The average molecular weight is 415 g/mol. The summed E-state index contributed by atoms with van der Waals surface area (Å²) in [6.45, 7) is 0.0448. The normalized spacial score (nSPS) is 12.0. The van der Waals surface area contributed by atoms with Crippen LogP contribution in [-0.2, 0) is 4.74 Å². The van der Waals surface area contributed by atoms with Crippen molar-refractivity contribution in [2.45, 2.75) is 12.5 Å². The van der Waals surface area contributed by atoms with Gasteiger partial charge in [0.1, 0.15) is 0 Å². The number of benzene rings is 2. The van der Waals surface area contributed by atoms with Crippen molar-refractivity contribution in [2.24, 2.45) is 0 Å². The number of anilines is 1. The summed E-state index contributed by atoms with van der Waals surface area (Å²) in [7, 11) is 1.33. The minimum atomic E-state index is -0.490. The summed E-state index contributed by atoms with van der Waals surface area (Å²) in [6, 6.07) is 17.2. The van der Waals surface area contributed by atoms with Gasteiger partial charge in [0.05, 0.1) is 18.7 Å². The smallest absolute Gasteiger partial charge is 0.356 e. The highest BCUT2D eigenvalue weighted by Gasteiger charge is 2.16. The second kappa shape index (κ2) is 8.29. The van der Waals surface area contributed by atoms with Crippen LogP contribution >= 0.6 is 15.9 Å². The Morgan fingerprint density at radius 2 is 2.00 bits per heavy atom. The van der Waals surface area contributed by atoms with E-state index in [1.165, 1.54) is 7.11 Å². The van der Waals surface area contributed by atoms with Crippen LogP contribution in [0.4, 0.5) is 5.69 Å². The van der Waals surface area contributed by atoms with Crippen LogP contribution in [0.15, 0.2) is 59.1 Å². The van der Waals surface area contributed by atoms with Crippen molar-refractivity contribution in [1.82, 2.24) is 4.98 Å². The third-order valence-corrected chi connectivity index (χ3v) is 4.61. The van der Waals surface area contributed by atoms with Gasteiger partial charge in [-0.2, -0.15) is 0 Å². The molecule has 1 heterocycles. The van der Waals surface area contributed by atoms with E-state index in [-0.39, 0.29) is 18.3 Å². The molecule has 2 aromatic carbocycles. The predicted molar refractivity (Wildman–Crippen MR) is 105 cm³/mol. The van der Waals surface area contributed by atoms with Crippen molar-refractivity contribution < 1.29 is 14.6 Å². The van der Waals surface area contributed by atoms with Crippen LogP contribution in [0.25, 0.3) is 10.9 Å². The van der Waals surface area contributed by atoms with E-state index in [1.807, 2.05) is 48.5 Å². The SMILES string of the molecule is COC(=O)c1cc(N[C@@H](CCO)c2ccccc2)c2cc(Br)ccc2n1. The standard InChI is InChI=1S/C20H19BrN2O3/c1-26-20(25)19-12-18(15-11-14(21)7-8-17(15)23-19)22-16(9-10-24)13-5-3-2-4-6-13/h2-8,11-12,16,24H,9-10H2,1H3,(H,22,23)/t16-/m0/s1. The number of aliphatic hydroxyl groups excluding tert-OH is 1. The van der Waals surface area contributed by atoms with Gasteiger partial charge in [0, 0.05) is 22.2 Å². The molecule has 26 heavy (non-hydrogen) atoms. The zero-order valence-electron chi connectivity index (χ0n) is 14.3. The maximum Gasteiger partial charge on any atom is 0.356 e. The van der Waals surface area contributed by atoms with E-state index in [4.69, 9.17) is 4.74 Å². The van der Waals surface area contributed by atoms with Gasteiger partial charge in [-0.15, -0.1) is 0 Å². The maximum absolute atomic E-state index is 12.0. The molecule has 2 N–H and O–H groups in total. The second-order valence-electron chi connectivity index (χ2n) is 5.83. The summed E-state index contributed by atoms with van der Waals surface area (Å²) in [6.07, 6.45) is 0.537. The molecule has 3 rings (SSSR count). The highest BCUT2D eigenvalue weighted by molar-refractivity contribution is 9.10. The van der Waals surface area contributed by atoms with Gasteiger partial charge in [-0.05, 0) is 36.2 Å². The van der Waals surface area contributed by atoms with Gasteiger partial charge >= 0.3 is 5.97 Å². The maximum atomic E-state index is 12.0. The van der Waals surface area contributed by atoms with Crippen molar-refractivity contribution in [3.8, 4) is 0 Å². The summed E-state index contributed by atoms with van der Waals surface area (Å²) in [5.41, 5.74) is 2.75. The Bertz CT molecular complexity index is 916. The number of nitrogens with one attached hydrogen (secondary N) is 1. The number of carbonyl (C=O) groups is 1. The Morgan fingerprint density at radius 1 is 1.23 bits per heavy atom. The van der Waals surface area contributed by atoms with Crippen LogP contribution in [0, 0.1) is 0 Å². The molecule has 0 saturated heterocycles. The number of pyridine rings is 1. The molecule has 0 unspecified atom stereocenters. The van der Waals surface area contributed by atoms with E-state index in [0.717, 1.165) is 21.1 Å². The molecular formula is C20H19BrN2O3. The van der Waals surface area contributed by atoms with E-state index in [9.17, 15) is 9.90 Å². The third-order valence-electron chi connectivity index (χ3n) is 4.11. The molecule has 0 bridgehead atoms. The zero-order valence-corrected chi connectivity index (χ0v) is 15.9. The van der Waals surface area contributed by atoms with Crippen molar-refractivity contribution in [1.29, 1.82) is 0 Å². The van der Waals surface area contributed by atoms with Crippen molar-refractivity contribution >= 4 is 38.5 Å². The highest BCUT2D eigenvalue weighted by Crippen LogP contribution is 2.31. The van der Waals surface area contributed by atoms with E-state index in [1.54, 1.807) is 6.07 Å². The molecule has 0 saturated carbocycles. The summed E-state index contributed by atoms with van der Waals surface area (Å²) < 4.78 is 5.74. The predicted octanol–water partition coefficient (Wildman–Crippen LogP) is 4.32. The number of halogens is 1. The molecule has 0 aliphatic carbocycles. The first-order valence-corrected chi connectivity index (χ1v) is 9.02. The number of aromatic nitrogens is 1. The average Bonchev–Trinajstić information content (AvgIpc) is 2.67. The lowest BCUT2D eigenvalue weighted by molar-refractivity contribution is 0.0594. The molecule has 0 spiro atoms. The first-order valence-electron chi connectivity index (χ1n) is 8.23. The lowest BCUT2D eigenvalue weighted by Crippen LogP contribution is -2.14. The lowest BCUT2D eigenvalue weighted by atomic mass is 10.0. The van der Waals surface area contributed by atoms with Gasteiger partial charge < -0.3 is 15.2 Å². The largest absolute Gasteiger partial charge is 0.464 e. The number of aliphatic hydroxyl groups is 1. The fourth-order valence-electron chi connectivity index (χ4n) is 2.85. The van der Waals surface area contributed by atoms with Crippen molar-refractivity contribution in [3.05, 3.63) is 70.3 Å². The van der Waals surface area contributed by atoms with E-state index < -0.39 is 5.97 Å². The number of hydrogen-bond donors (Lipinski definition) is 2. The molecule has 0 aliphatic heterocycles. The van der Waals surface area contributed by atoms with E-state index in [2.05, 4.69) is 26.2 Å². The molecule has 1 aromatic heterocycles. The van der Waals surface area contributed by atoms with Gasteiger partial charge in [-0.25, -0.2) is 9.78 Å². The van der Waals surface area contributed by atoms with E-state index >= 15 is 0 Å². The number of ether oxygens (including phenoxy) is 1. The minimum absolute atomic E-state index is 0.0448. The molecule has 5 nitrogen and oxygen atoms in total. The molecular weight excluding hydrogens is 396 g/mol. The lowest BCUT2D eigenvalue weighted by Gasteiger charge is -2.21. The summed E-state index contributed by atoms with van der Waals surface area (Å²) in [4.78, 5) is 16.4. The molecule has 134 valence electrons. The molecule has 0 radical (unpaired) electrons. The monoisotopic (exact) mass is 414 g/mol. The number of hydrogen-bond acceptors (Lipinski definition) is 5. The molecule has 3 aromatic rings. The summed E-state index contributed by atoms with van der Waals surface area (Å²) in [5, 5.41) is 13.8. The molecule has 1 atom stereocenters. The van der Waals surface area contributed by atoms with Crippen molar-refractivity contribution in [2.75, 3.05) is 19.0 Å². The Labute approximate surface area is 160 Å². The number of esters is 1. The highest BCUT2D eigenvalue weighted by atomic mass is 79.9. The first kappa shape index (κ1) is 18.4. The molecule has 0 aliphatic rings. The summed E-state index contributed by atoms with van der Waals surface area (Å²) in [5.74, 6) is -0.490. The van der Waals surface area contributed by atoms with Crippen LogP contribution in [0.2, 0.25) is 0 Å². The third kappa shape index (κ3) is 4.03. The topological polar surface area (TPSA) is 71.5 Å². The Hall–Kier alpha value is -2.44. The molecule has 6 heteroatoms.